The Labute approximate surface area is 107 Å². The molecule has 0 amide bonds. The molecule has 0 unspecified atom stereocenters. The number of nitrogens with zero attached hydrogens (tertiary/aromatic N) is 3. The number of nitrogens with one attached hydrogen (secondary N) is 1. The van der Waals surface area contributed by atoms with Gasteiger partial charge in [0.2, 0.25) is 0 Å². The maximum Gasteiger partial charge on any atom is 0.290 e. The maximum absolute atomic E-state index is 10.7. The van der Waals surface area contributed by atoms with Crippen LogP contribution in [0, 0.1) is 17.0 Å². The number of likely N-dealkylation sites (N-methyl/N-ethyl adjacent to an activating group) is 1. The van der Waals surface area contributed by atoms with Gasteiger partial charge >= 0.3 is 0 Å². The summed E-state index contributed by atoms with van der Waals surface area (Å²) < 4.78 is 0. The lowest BCUT2D eigenvalue weighted by Gasteiger charge is -2.18. The Morgan fingerprint density at radius 1 is 1.44 bits per heavy atom. The molecule has 0 fully saturated rings. The number of aryl methyl sites for hydroxylation is 1. The molecule has 0 aliphatic rings. The number of nitro groups is 1. The Hall–Kier alpha value is -1.69. The maximum atomic E-state index is 10.7. The van der Waals surface area contributed by atoms with Gasteiger partial charge in [-0.2, -0.15) is 0 Å². The summed E-state index contributed by atoms with van der Waals surface area (Å²) in [4.78, 5) is 16.6. The minimum absolute atomic E-state index is 0.0595. The van der Waals surface area contributed by atoms with Crippen LogP contribution in [0.3, 0.4) is 0 Å². The zero-order chi connectivity index (χ0) is 13.5. The second-order valence-corrected chi connectivity index (χ2v) is 4.07. The van der Waals surface area contributed by atoms with Crippen molar-refractivity contribution >= 4 is 11.5 Å². The molecule has 0 radical (unpaired) electrons. The van der Waals surface area contributed by atoms with Crippen molar-refractivity contribution in [2.45, 2.75) is 20.8 Å². The number of hydrogen-bond acceptors (Lipinski definition) is 5. The Bertz CT molecular complexity index is 405. The summed E-state index contributed by atoms with van der Waals surface area (Å²) in [6.45, 7) is 9.72. The van der Waals surface area contributed by atoms with E-state index in [1.165, 1.54) is 6.20 Å². The minimum Gasteiger partial charge on any atom is -0.369 e. The van der Waals surface area contributed by atoms with Crippen LogP contribution >= 0.6 is 0 Å². The molecule has 0 atom stereocenters. The number of pyridine rings is 1. The number of rotatable bonds is 7. The molecule has 0 aliphatic carbocycles. The van der Waals surface area contributed by atoms with Gasteiger partial charge in [0.05, 0.1) is 4.92 Å². The fraction of sp³-hybridized carbons (Fsp3) is 0.583. The van der Waals surface area contributed by atoms with Gasteiger partial charge < -0.3 is 10.2 Å². The fourth-order valence-corrected chi connectivity index (χ4v) is 1.72. The van der Waals surface area contributed by atoms with E-state index in [1.54, 1.807) is 13.0 Å². The van der Waals surface area contributed by atoms with E-state index < -0.39 is 4.92 Å². The van der Waals surface area contributed by atoms with Crippen LogP contribution in [0.15, 0.2) is 12.3 Å². The van der Waals surface area contributed by atoms with Crippen molar-refractivity contribution in [3.63, 3.8) is 0 Å². The lowest BCUT2D eigenvalue weighted by molar-refractivity contribution is -0.385. The molecule has 1 aromatic rings. The zero-order valence-corrected chi connectivity index (χ0v) is 11.1. The summed E-state index contributed by atoms with van der Waals surface area (Å²) in [7, 11) is 0. The Morgan fingerprint density at radius 2 is 2.11 bits per heavy atom. The van der Waals surface area contributed by atoms with Crippen molar-refractivity contribution in [1.82, 2.24) is 9.88 Å². The molecule has 0 bridgehead atoms. The van der Waals surface area contributed by atoms with E-state index in [1.807, 2.05) is 0 Å². The highest BCUT2D eigenvalue weighted by Crippen LogP contribution is 2.18. The normalized spacial score (nSPS) is 10.7. The largest absolute Gasteiger partial charge is 0.369 e. The van der Waals surface area contributed by atoms with E-state index >= 15 is 0 Å². The van der Waals surface area contributed by atoms with E-state index in [9.17, 15) is 10.1 Å². The molecular formula is C12H20N4O2. The van der Waals surface area contributed by atoms with Crippen molar-refractivity contribution in [1.29, 1.82) is 0 Å². The average molecular weight is 252 g/mol. The first-order chi connectivity index (χ1) is 8.58. The van der Waals surface area contributed by atoms with Crippen LogP contribution in [0.5, 0.6) is 0 Å². The number of hydrogen-bond donors (Lipinski definition) is 1. The van der Waals surface area contributed by atoms with Crippen LogP contribution in [-0.2, 0) is 0 Å². The second kappa shape index (κ2) is 6.90. The summed E-state index contributed by atoms with van der Waals surface area (Å²) in [5, 5.41) is 13.8. The molecular weight excluding hydrogens is 232 g/mol. The molecule has 6 heteroatoms. The zero-order valence-electron chi connectivity index (χ0n) is 11.1. The average Bonchev–Trinajstić information content (AvgIpc) is 2.34. The summed E-state index contributed by atoms with van der Waals surface area (Å²) in [6.07, 6.45) is 1.30. The quantitative estimate of drug-likeness (QED) is 0.594. The van der Waals surface area contributed by atoms with Crippen molar-refractivity contribution < 1.29 is 4.92 Å². The van der Waals surface area contributed by atoms with Crippen LogP contribution < -0.4 is 5.32 Å². The molecule has 0 saturated carbocycles. The highest BCUT2D eigenvalue weighted by atomic mass is 16.6. The molecule has 0 spiro atoms. The highest BCUT2D eigenvalue weighted by Gasteiger charge is 2.11. The van der Waals surface area contributed by atoms with Gasteiger partial charge in [-0.25, -0.2) is 4.98 Å². The number of anilines is 1. The molecule has 1 heterocycles. The van der Waals surface area contributed by atoms with Gasteiger partial charge in [0.15, 0.2) is 0 Å². The van der Waals surface area contributed by atoms with Crippen LogP contribution in [0.4, 0.5) is 11.5 Å². The molecule has 0 aromatic carbocycles. The fourth-order valence-electron chi connectivity index (χ4n) is 1.72. The van der Waals surface area contributed by atoms with E-state index in [4.69, 9.17) is 0 Å². The predicted molar refractivity (Wildman–Crippen MR) is 71.9 cm³/mol. The van der Waals surface area contributed by atoms with Crippen LogP contribution in [0.25, 0.3) is 0 Å². The van der Waals surface area contributed by atoms with Crippen molar-refractivity contribution in [2.24, 2.45) is 0 Å². The highest BCUT2D eigenvalue weighted by molar-refractivity contribution is 5.46. The lowest BCUT2D eigenvalue weighted by atomic mass is 10.2. The predicted octanol–water partition coefficient (Wildman–Crippen LogP) is 2.05. The van der Waals surface area contributed by atoms with Crippen molar-refractivity contribution in [3.8, 4) is 0 Å². The van der Waals surface area contributed by atoms with Crippen LogP contribution in [-0.4, -0.2) is 41.0 Å². The SMILES string of the molecule is CCN(CC)CCNc1cc(C)c([N+](=O)[O-])cn1. The molecule has 1 rings (SSSR count). The van der Waals surface area contributed by atoms with E-state index in [-0.39, 0.29) is 5.69 Å². The Balaban J connectivity index is 2.53. The van der Waals surface area contributed by atoms with Gasteiger partial charge in [0, 0.05) is 18.7 Å². The first kappa shape index (κ1) is 14.4. The van der Waals surface area contributed by atoms with E-state index in [2.05, 4.69) is 29.0 Å². The topological polar surface area (TPSA) is 71.3 Å². The monoisotopic (exact) mass is 252 g/mol. The first-order valence-corrected chi connectivity index (χ1v) is 6.15. The summed E-state index contributed by atoms with van der Waals surface area (Å²) in [5.74, 6) is 0.685. The Morgan fingerprint density at radius 3 is 2.61 bits per heavy atom. The van der Waals surface area contributed by atoms with Gasteiger partial charge in [0.1, 0.15) is 12.0 Å². The van der Waals surface area contributed by atoms with Gasteiger partial charge in [-0.05, 0) is 26.1 Å². The summed E-state index contributed by atoms with van der Waals surface area (Å²) >= 11 is 0. The molecule has 1 aromatic heterocycles. The minimum atomic E-state index is -0.415. The lowest BCUT2D eigenvalue weighted by Crippen LogP contribution is -2.28. The second-order valence-electron chi connectivity index (χ2n) is 4.07. The Kier molecular flexibility index (Phi) is 5.51. The third kappa shape index (κ3) is 3.96. The summed E-state index contributed by atoms with van der Waals surface area (Å²) in [6, 6.07) is 1.71. The van der Waals surface area contributed by atoms with Gasteiger partial charge in [-0.15, -0.1) is 0 Å². The van der Waals surface area contributed by atoms with E-state index in [0.29, 0.717) is 11.4 Å². The summed E-state index contributed by atoms with van der Waals surface area (Å²) in [5.41, 5.74) is 0.685. The van der Waals surface area contributed by atoms with E-state index in [0.717, 1.165) is 26.2 Å². The third-order valence-electron chi connectivity index (χ3n) is 2.91. The molecule has 100 valence electrons. The van der Waals surface area contributed by atoms with Gasteiger partial charge in [0.25, 0.3) is 5.69 Å². The van der Waals surface area contributed by atoms with Crippen LogP contribution in [0.2, 0.25) is 0 Å². The molecule has 1 N–H and O–H groups in total. The first-order valence-electron chi connectivity index (χ1n) is 6.15. The van der Waals surface area contributed by atoms with Gasteiger partial charge in [-0.1, -0.05) is 13.8 Å². The smallest absolute Gasteiger partial charge is 0.290 e. The standard InChI is InChI=1S/C12H20N4O2/c1-4-15(5-2)7-6-13-12-8-10(3)11(9-14-12)16(17)18/h8-9H,4-7H2,1-3H3,(H,13,14). The molecule has 0 saturated heterocycles. The van der Waals surface area contributed by atoms with Gasteiger partial charge in [-0.3, -0.25) is 10.1 Å². The van der Waals surface area contributed by atoms with Crippen molar-refractivity contribution in [3.05, 3.63) is 27.9 Å². The number of aromatic nitrogens is 1. The molecule has 18 heavy (non-hydrogen) atoms. The molecule has 6 nitrogen and oxygen atoms in total. The molecule has 0 aliphatic heterocycles. The van der Waals surface area contributed by atoms with Crippen molar-refractivity contribution in [2.75, 3.05) is 31.5 Å². The van der Waals surface area contributed by atoms with Crippen LogP contribution in [0.1, 0.15) is 19.4 Å². The third-order valence-corrected chi connectivity index (χ3v) is 2.91.